The fraction of sp³-hybridized carbons (Fsp3) is 0.174. The van der Waals surface area contributed by atoms with Crippen molar-refractivity contribution in [3.05, 3.63) is 107 Å². The third-order valence-electron chi connectivity index (χ3n) is 4.53. The molecule has 27 heavy (non-hydrogen) atoms. The van der Waals surface area contributed by atoms with Gasteiger partial charge in [0.05, 0.1) is 5.92 Å². The van der Waals surface area contributed by atoms with Crippen LogP contribution in [0, 0.1) is 0 Å². The zero-order valence-electron chi connectivity index (χ0n) is 15.1. The molecular formula is C23H22ClNO2. The van der Waals surface area contributed by atoms with E-state index in [1.807, 2.05) is 84.9 Å². The van der Waals surface area contributed by atoms with Crippen molar-refractivity contribution in [2.24, 2.45) is 0 Å². The maximum absolute atomic E-state index is 13.1. The Labute approximate surface area is 164 Å². The van der Waals surface area contributed by atoms with Crippen LogP contribution in [0.15, 0.2) is 84.9 Å². The summed E-state index contributed by atoms with van der Waals surface area (Å²) in [7, 11) is 1.62. The maximum atomic E-state index is 13.1. The van der Waals surface area contributed by atoms with Crippen molar-refractivity contribution >= 4 is 17.5 Å². The number of carbonyl (C=O) groups is 1. The molecule has 3 aromatic carbocycles. The van der Waals surface area contributed by atoms with Crippen molar-refractivity contribution in [3.8, 4) is 0 Å². The van der Waals surface area contributed by atoms with Crippen LogP contribution in [-0.2, 0) is 9.53 Å². The normalized spacial score (nSPS) is 12.0. The highest BCUT2D eigenvalue weighted by Gasteiger charge is 2.24. The minimum atomic E-state index is -0.379. The summed E-state index contributed by atoms with van der Waals surface area (Å²) < 4.78 is 5.56. The first-order valence-corrected chi connectivity index (χ1v) is 9.23. The van der Waals surface area contributed by atoms with Crippen LogP contribution in [0.5, 0.6) is 0 Å². The molecule has 3 rings (SSSR count). The zero-order chi connectivity index (χ0) is 19.1. The Balaban J connectivity index is 1.80. The van der Waals surface area contributed by atoms with Crippen LogP contribution in [0.2, 0.25) is 5.02 Å². The molecule has 0 bridgehead atoms. The van der Waals surface area contributed by atoms with E-state index in [-0.39, 0.29) is 17.9 Å². The quantitative estimate of drug-likeness (QED) is 0.629. The van der Waals surface area contributed by atoms with Crippen molar-refractivity contribution in [2.75, 3.05) is 13.7 Å². The van der Waals surface area contributed by atoms with Crippen LogP contribution in [0.3, 0.4) is 0 Å². The molecule has 1 unspecified atom stereocenters. The highest BCUT2D eigenvalue weighted by Crippen LogP contribution is 2.27. The molecule has 0 saturated carbocycles. The first-order chi connectivity index (χ1) is 13.2. The number of hydrogen-bond donors (Lipinski definition) is 1. The summed E-state index contributed by atoms with van der Waals surface area (Å²) in [5.74, 6) is -0.447. The molecule has 0 aliphatic carbocycles. The Morgan fingerprint density at radius 3 is 1.93 bits per heavy atom. The number of nitrogens with one attached hydrogen (secondary N) is 1. The zero-order valence-corrected chi connectivity index (χ0v) is 15.9. The number of methoxy groups -OCH3 is 1. The van der Waals surface area contributed by atoms with Crippen LogP contribution >= 0.6 is 11.6 Å². The number of carbonyl (C=O) groups excluding carboxylic acids is 1. The van der Waals surface area contributed by atoms with Gasteiger partial charge >= 0.3 is 0 Å². The van der Waals surface area contributed by atoms with E-state index in [9.17, 15) is 4.79 Å². The van der Waals surface area contributed by atoms with Gasteiger partial charge in [-0.05, 0) is 17.2 Å². The Hall–Kier alpha value is -2.62. The molecule has 0 spiro atoms. The molecule has 3 aromatic rings. The van der Waals surface area contributed by atoms with Gasteiger partial charge in [-0.25, -0.2) is 0 Å². The molecule has 0 fully saturated rings. The van der Waals surface area contributed by atoms with Gasteiger partial charge in [-0.2, -0.15) is 0 Å². The summed E-state index contributed by atoms with van der Waals surface area (Å²) in [6, 6.07) is 27.1. The Bertz CT molecular complexity index is 828. The van der Waals surface area contributed by atoms with Gasteiger partial charge in [-0.15, -0.1) is 0 Å². The molecule has 0 saturated heterocycles. The van der Waals surface area contributed by atoms with Gasteiger partial charge in [0.25, 0.3) is 0 Å². The standard InChI is InChI=1S/C23H22ClNO2/c1-27-21(19-14-8-9-15-20(19)24)16-25-23(26)22(17-10-4-2-5-11-17)18-12-6-3-7-13-18/h2-15,21-22H,16H2,1H3,(H,25,26). The lowest BCUT2D eigenvalue weighted by Gasteiger charge is -2.21. The summed E-state index contributed by atoms with van der Waals surface area (Å²) in [6.07, 6.45) is -0.310. The SMILES string of the molecule is COC(CNC(=O)C(c1ccccc1)c1ccccc1)c1ccccc1Cl. The van der Waals surface area contributed by atoms with Crippen molar-refractivity contribution in [1.82, 2.24) is 5.32 Å². The predicted octanol–water partition coefficient (Wildman–Crippen LogP) is 4.98. The molecule has 0 aliphatic heterocycles. The summed E-state index contributed by atoms with van der Waals surface area (Å²) in [4.78, 5) is 13.1. The smallest absolute Gasteiger partial charge is 0.232 e. The molecule has 0 radical (unpaired) electrons. The molecule has 0 heterocycles. The van der Waals surface area contributed by atoms with Gasteiger partial charge in [0.15, 0.2) is 0 Å². The lowest BCUT2D eigenvalue weighted by Crippen LogP contribution is -2.33. The summed E-state index contributed by atoms with van der Waals surface area (Å²) in [6.45, 7) is 0.342. The van der Waals surface area contributed by atoms with Crippen molar-refractivity contribution in [1.29, 1.82) is 0 Å². The van der Waals surface area contributed by atoms with Crippen LogP contribution in [0.1, 0.15) is 28.7 Å². The fourth-order valence-corrected chi connectivity index (χ4v) is 3.40. The Kier molecular flexibility index (Phi) is 6.64. The Morgan fingerprint density at radius 2 is 1.41 bits per heavy atom. The second-order valence-electron chi connectivity index (χ2n) is 6.25. The van der Waals surface area contributed by atoms with Gasteiger partial charge in [0.1, 0.15) is 6.10 Å². The van der Waals surface area contributed by atoms with E-state index in [0.29, 0.717) is 11.6 Å². The molecule has 4 heteroatoms. The van der Waals surface area contributed by atoms with Gasteiger partial charge in [0, 0.05) is 24.2 Å². The van der Waals surface area contributed by atoms with E-state index in [4.69, 9.17) is 16.3 Å². The second-order valence-corrected chi connectivity index (χ2v) is 6.65. The average molecular weight is 380 g/mol. The highest BCUT2D eigenvalue weighted by atomic mass is 35.5. The first kappa shape index (κ1) is 19.2. The van der Waals surface area contributed by atoms with Gasteiger partial charge in [-0.1, -0.05) is 90.5 Å². The third kappa shape index (κ3) is 4.76. The minimum Gasteiger partial charge on any atom is -0.375 e. The number of ether oxygens (including phenoxy) is 1. The fourth-order valence-electron chi connectivity index (χ4n) is 3.14. The highest BCUT2D eigenvalue weighted by molar-refractivity contribution is 6.31. The van der Waals surface area contributed by atoms with Gasteiger partial charge < -0.3 is 10.1 Å². The molecule has 1 N–H and O–H groups in total. The summed E-state index contributed by atoms with van der Waals surface area (Å²) >= 11 is 6.27. The molecule has 0 aliphatic rings. The molecule has 138 valence electrons. The minimum absolute atomic E-state index is 0.0681. The predicted molar refractivity (Wildman–Crippen MR) is 109 cm³/mol. The third-order valence-corrected chi connectivity index (χ3v) is 4.87. The lowest BCUT2D eigenvalue weighted by atomic mass is 9.90. The molecule has 0 aromatic heterocycles. The van der Waals surface area contributed by atoms with Crippen molar-refractivity contribution in [2.45, 2.75) is 12.0 Å². The Morgan fingerprint density at radius 1 is 0.889 bits per heavy atom. The second kappa shape index (κ2) is 9.36. The van der Waals surface area contributed by atoms with E-state index in [1.54, 1.807) is 7.11 Å². The van der Waals surface area contributed by atoms with Gasteiger partial charge in [0.2, 0.25) is 5.91 Å². The van der Waals surface area contributed by atoms with E-state index < -0.39 is 0 Å². The number of benzene rings is 3. The number of hydrogen-bond acceptors (Lipinski definition) is 2. The molecular weight excluding hydrogens is 358 g/mol. The van der Waals surface area contributed by atoms with Crippen LogP contribution in [0.25, 0.3) is 0 Å². The number of halogens is 1. The number of rotatable bonds is 7. The van der Waals surface area contributed by atoms with Crippen LogP contribution in [-0.4, -0.2) is 19.6 Å². The topological polar surface area (TPSA) is 38.3 Å². The van der Waals surface area contributed by atoms with Crippen molar-refractivity contribution in [3.63, 3.8) is 0 Å². The molecule has 1 atom stereocenters. The van der Waals surface area contributed by atoms with Crippen LogP contribution in [0.4, 0.5) is 0 Å². The van der Waals surface area contributed by atoms with Crippen molar-refractivity contribution < 1.29 is 9.53 Å². The van der Waals surface area contributed by atoms with E-state index in [1.165, 1.54) is 0 Å². The largest absolute Gasteiger partial charge is 0.375 e. The molecule has 1 amide bonds. The lowest BCUT2D eigenvalue weighted by molar-refractivity contribution is -0.122. The van der Waals surface area contributed by atoms with Gasteiger partial charge in [-0.3, -0.25) is 4.79 Å². The van der Waals surface area contributed by atoms with E-state index in [0.717, 1.165) is 16.7 Å². The molecule has 3 nitrogen and oxygen atoms in total. The van der Waals surface area contributed by atoms with E-state index in [2.05, 4.69) is 5.32 Å². The average Bonchev–Trinajstić information content (AvgIpc) is 2.71. The van der Waals surface area contributed by atoms with E-state index >= 15 is 0 Å². The summed E-state index contributed by atoms with van der Waals surface area (Å²) in [5.41, 5.74) is 2.76. The van der Waals surface area contributed by atoms with Crippen LogP contribution < -0.4 is 5.32 Å². The number of amides is 1. The monoisotopic (exact) mass is 379 g/mol. The first-order valence-electron chi connectivity index (χ1n) is 8.85. The summed E-state index contributed by atoms with van der Waals surface area (Å²) in [5, 5.41) is 3.66. The maximum Gasteiger partial charge on any atom is 0.232 e.